The van der Waals surface area contributed by atoms with Crippen LogP contribution in [-0.4, -0.2) is 54.8 Å². The Bertz CT molecular complexity index is 1100. The van der Waals surface area contributed by atoms with E-state index in [4.69, 9.17) is 4.74 Å². The lowest BCUT2D eigenvalue weighted by Gasteiger charge is -2.43. The molecule has 0 spiro atoms. The van der Waals surface area contributed by atoms with E-state index in [0.29, 0.717) is 19.6 Å². The number of carbonyl (C=O) groups is 1. The third kappa shape index (κ3) is 5.40. The molecule has 35 heavy (non-hydrogen) atoms. The number of hydrogen-bond donors (Lipinski definition) is 0. The fourth-order valence-electron chi connectivity index (χ4n) is 5.13. The average Bonchev–Trinajstić information content (AvgIpc) is 3.32. The van der Waals surface area contributed by atoms with Gasteiger partial charge in [0.05, 0.1) is 16.6 Å². The fraction of sp³-hybridized carbons (Fsp3) is 0.345. The van der Waals surface area contributed by atoms with Gasteiger partial charge in [0.15, 0.2) is 0 Å². The number of benzene rings is 3. The Morgan fingerprint density at radius 1 is 0.914 bits per heavy atom. The van der Waals surface area contributed by atoms with Gasteiger partial charge in [0.25, 0.3) is 0 Å². The topological polar surface area (TPSA) is 32.8 Å². The minimum Gasteiger partial charge on any atom is -0.377 e. The summed E-state index contributed by atoms with van der Waals surface area (Å²) in [4.78, 5) is 20.1. The van der Waals surface area contributed by atoms with Crippen molar-refractivity contribution in [3.05, 3.63) is 90.5 Å². The maximum Gasteiger partial charge on any atom is 0.227 e. The zero-order valence-corrected chi connectivity index (χ0v) is 21.9. The SMILES string of the molecule is CN(C)c1ccccc1CC(=O)N1C[C@@H]2OCCC(Sc3ccccc3)(Sc3ccccc3)[C@@H]2C1. The van der Waals surface area contributed by atoms with Crippen LogP contribution in [0.25, 0.3) is 0 Å². The molecule has 3 aromatic carbocycles. The molecule has 0 aromatic heterocycles. The lowest BCUT2D eigenvalue weighted by atomic mass is 9.96. The van der Waals surface area contributed by atoms with Crippen LogP contribution in [0.4, 0.5) is 5.69 Å². The van der Waals surface area contributed by atoms with Crippen molar-refractivity contribution in [2.45, 2.75) is 32.8 Å². The molecule has 5 rings (SSSR count). The van der Waals surface area contributed by atoms with Crippen LogP contribution in [0.2, 0.25) is 0 Å². The van der Waals surface area contributed by atoms with E-state index in [2.05, 4.69) is 77.7 Å². The van der Waals surface area contributed by atoms with Crippen LogP contribution in [0.3, 0.4) is 0 Å². The van der Waals surface area contributed by atoms with Crippen molar-refractivity contribution >= 4 is 35.1 Å². The van der Waals surface area contributed by atoms with Crippen LogP contribution in [0.1, 0.15) is 12.0 Å². The van der Waals surface area contributed by atoms with Gasteiger partial charge < -0.3 is 14.5 Å². The Morgan fingerprint density at radius 2 is 1.51 bits per heavy atom. The van der Waals surface area contributed by atoms with Crippen LogP contribution < -0.4 is 4.90 Å². The minimum absolute atomic E-state index is 0.0595. The largest absolute Gasteiger partial charge is 0.377 e. The Morgan fingerprint density at radius 3 is 2.14 bits per heavy atom. The number of amides is 1. The summed E-state index contributed by atoms with van der Waals surface area (Å²) < 4.78 is 6.20. The number of thioether (sulfide) groups is 2. The number of para-hydroxylation sites is 1. The van der Waals surface area contributed by atoms with Crippen molar-refractivity contribution < 1.29 is 9.53 Å². The molecule has 0 bridgehead atoms. The zero-order chi connectivity index (χ0) is 24.3. The number of fused-ring (bicyclic) bond motifs is 1. The lowest BCUT2D eigenvalue weighted by molar-refractivity contribution is -0.129. The zero-order valence-electron chi connectivity index (χ0n) is 20.3. The van der Waals surface area contributed by atoms with E-state index in [9.17, 15) is 4.79 Å². The fourth-order valence-corrected chi connectivity index (χ4v) is 8.38. The van der Waals surface area contributed by atoms with Crippen LogP contribution in [-0.2, 0) is 16.0 Å². The van der Waals surface area contributed by atoms with E-state index in [1.54, 1.807) is 0 Å². The Hall–Kier alpha value is -2.41. The van der Waals surface area contributed by atoms with Gasteiger partial charge in [-0.2, -0.15) is 0 Å². The summed E-state index contributed by atoms with van der Waals surface area (Å²) in [5, 5.41) is 0. The summed E-state index contributed by atoms with van der Waals surface area (Å²) in [6.45, 7) is 2.11. The highest BCUT2D eigenvalue weighted by Gasteiger charge is 2.53. The molecule has 0 unspecified atom stereocenters. The maximum atomic E-state index is 13.5. The summed E-state index contributed by atoms with van der Waals surface area (Å²) in [7, 11) is 4.05. The summed E-state index contributed by atoms with van der Waals surface area (Å²) in [6.07, 6.45) is 1.42. The quantitative estimate of drug-likeness (QED) is 0.379. The molecular formula is C29H32N2O2S2. The van der Waals surface area contributed by atoms with Gasteiger partial charge in [-0.3, -0.25) is 4.79 Å². The first kappa shape index (κ1) is 24.3. The minimum atomic E-state index is -0.0950. The first-order chi connectivity index (χ1) is 17.0. The van der Waals surface area contributed by atoms with E-state index in [-0.39, 0.29) is 22.0 Å². The van der Waals surface area contributed by atoms with E-state index < -0.39 is 0 Å². The van der Waals surface area contributed by atoms with Crippen LogP contribution in [0.5, 0.6) is 0 Å². The van der Waals surface area contributed by atoms with Crippen molar-refractivity contribution in [3.8, 4) is 0 Å². The van der Waals surface area contributed by atoms with E-state index >= 15 is 0 Å². The van der Waals surface area contributed by atoms with Gasteiger partial charge in [0.1, 0.15) is 0 Å². The molecular weight excluding hydrogens is 472 g/mol. The third-order valence-corrected chi connectivity index (χ3v) is 10.1. The first-order valence-electron chi connectivity index (χ1n) is 12.2. The molecule has 6 heteroatoms. The molecule has 3 aromatic rings. The van der Waals surface area contributed by atoms with Gasteiger partial charge in [-0.15, -0.1) is 23.5 Å². The lowest BCUT2D eigenvalue weighted by Crippen LogP contribution is -2.45. The molecule has 0 aliphatic carbocycles. The molecule has 4 nitrogen and oxygen atoms in total. The third-order valence-electron chi connectivity index (χ3n) is 6.85. The maximum absolute atomic E-state index is 13.5. The highest BCUT2D eigenvalue weighted by atomic mass is 32.2. The second-order valence-electron chi connectivity index (χ2n) is 9.41. The molecule has 2 saturated heterocycles. The summed E-state index contributed by atoms with van der Waals surface area (Å²) in [6, 6.07) is 29.5. The second kappa shape index (κ2) is 10.7. The van der Waals surface area contributed by atoms with E-state index in [1.165, 1.54) is 9.79 Å². The van der Waals surface area contributed by atoms with Crippen molar-refractivity contribution in [2.24, 2.45) is 5.92 Å². The van der Waals surface area contributed by atoms with Crippen molar-refractivity contribution in [3.63, 3.8) is 0 Å². The number of hydrogen-bond acceptors (Lipinski definition) is 5. The van der Waals surface area contributed by atoms with Gasteiger partial charge >= 0.3 is 0 Å². The number of anilines is 1. The Balaban J connectivity index is 1.40. The van der Waals surface area contributed by atoms with E-state index in [1.807, 2.05) is 54.7 Å². The summed E-state index contributed by atoms with van der Waals surface area (Å²) >= 11 is 3.89. The van der Waals surface area contributed by atoms with E-state index in [0.717, 1.165) is 24.2 Å². The Kier molecular flexibility index (Phi) is 7.42. The molecule has 2 aliphatic heterocycles. The van der Waals surface area contributed by atoms with Crippen molar-refractivity contribution in [1.82, 2.24) is 4.90 Å². The monoisotopic (exact) mass is 504 g/mol. The predicted molar refractivity (Wildman–Crippen MR) is 146 cm³/mol. The van der Waals surface area contributed by atoms with Crippen molar-refractivity contribution in [2.75, 3.05) is 38.7 Å². The molecule has 0 radical (unpaired) electrons. The summed E-state index contributed by atoms with van der Waals surface area (Å²) in [5.74, 6) is 0.431. The number of likely N-dealkylation sites (tertiary alicyclic amines) is 1. The normalized spacial score (nSPS) is 20.9. The van der Waals surface area contributed by atoms with Crippen LogP contribution in [0.15, 0.2) is 94.7 Å². The smallest absolute Gasteiger partial charge is 0.227 e. The molecule has 2 aliphatic rings. The van der Waals surface area contributed by atoms with Gasteiger partial charge in [-0.05, 0) is 42.3 Å². The molecule has 1 amide bonds. The average molecular weight is 505 g/mol. The molecule has 2 heterocycles. The molecule has 2 atom stereocenters. The van der Waals surface area contributed by atoms with Gasteiger partial charge in [-0.1, -0.05) is 54.6 Å². The highest BCUT2D eigenvalue weighted by molar-refractivity contribution is 8.18. The molecule has 2 fully saturated rings. The number of carbonyl (C=O) groups excluding carboxylic acids is 1. The van der Waals surface area contributed by atoms with Crippen LogP contribution >= 0.6 is 23.5 Å². The van der Waals surface area contributed by atoms with Gasteiger partial charge in [0.2, 0.25) is 5.91 Å². The van der Waals surface area contributed by atoms with Crippen molar-refractivity contribution in [1.29, 1.82) is 0 Å². The first-order valence-corrected chi connectivity index (χ1v) is 13.8. The van der Waals surface area contributed by atoms with Gasteiger partial charge in [0, 0.05) is 55.2 Å². The standard InChI is InChI=1S/C29H32N2O2S2/c1-30(2)26-16-10-9-11-22(26)19-28(32)31-20-25-27(21-31)33-18-17-29(25,34-23-12-5-3-6-13-23)35-24-14-7-4-8-15-24/h3-16,25,27H,17-21H2,1-2H3/t25-,27+/m1/s1. The van der Waals surface area contributed by atoms with Crippen LogP contribution in [0, 0.1) is 5.92 Å². The number of ether oxygens (including phenoxy) is 1. The predicted octanol–water partition coefficient (Wildman–Crippen LogP) is 5.82. The molecule has 182 valence electrons. The summed E-state index contributed by atoms with van der Waals surface area (Å²) in [5.41, 5.74) is 2.17. The van der Waals surface area contributed by atoms with Gasteiger partial charge in [-0.25, -0.2) is 0 Å². The Labute approximate surface area is 217 Å². The number of nitrogens with zero attached hydrogens (tertiary/aromatic N) is 2. The highest BCUT2D eigenvalue weighted by Crippen LogP contribution is 2.57. The molecule has 0 saturated carbocycles. The molecule has 0 N–H and O–H groups in total. The number of rotatable bonds is 7. The second-order valence-corrected chi connectivity index (χ2v) is 12.5.